The Morgan fingerprint density at radius 1 is 1.35 bits per heavy atom. The summed E-state index contributed by atoms with van der Waals surface area (Å²) in [5.41, 5.74) is -0.290. The minimum Gasteiger partial charge on any atom is -0.297 e. The molecule has 112 valence electrons. The summed E-state index contributed by atoms with van der Waals surface area (Å²) in [6.45, 7) is 2.94. The van der Waals surface area contributed by atoms with E-state index in [0.717, 1.165) is 44.5 Å². The lowest BCUT2D eigenvalue weighted by atomic mass is 9.76. The van der Waals surface area contributed by atoms with E-state index in [1.165, 1.54) is 6.42 Å². The monoisotopic (exact) mass is 278 g/mol. The Morgan fingerprint density at radius 3 is 2.65 bits per heavy atom. The number of ketones is 1. The minimum atomic E-state index is -0.290. The SMILES string of the molecule is CCCn1ncnc1CC(=O)C1(N(C)C)CCCCC1. The second-order valence-corrected chi connectivity index (χ2v) is 5.99. The molecule has 1 fully saturated rings. The van der Waals surface area contributed by atoms with Gasteiger partial charge < -0.3 is 0 Å². The zero-order chi connectivity index (χ0) is 14.6. The third kappa shape index (κ3) is 2.92. The molecule has 1 aromatic rings. The van der Waals surface area contributed by atoms with E-state index in [1.54, 1.807) is 6.33 Å². The minimum absolute atomic E-state index is 0.290. The number of carbonyl (C=O) groups excluding carboxylic acids is 1. The maximum atomic E-state index is 12.9. The fourth-order valence-electron chi connectivity index (χ4n) is 3.24. The third-order valence-electron chi connectivity index (χ3n) is 4.51. The molecule has 1 saturated carbocycles. The second kappa shape index (κ2) is 6.48. The van der Waals surface area contributed by atoms with E-state index < -0.39 is 0 Å². The first kappa shape index (κ1) is 15.2. The molecular weight excluding hydrogens is 252 g/mol. The number of rotatable bonds is 6. The van der Waals surface area contributed by atoms with Crippen LogP contribution in [0.15, 0.2) is 6.33 Å². The van der Waals surface area contributed by atoms with E-state index in [-0.39, 0.29) is 5.54 Å². The molecule has 0 radical (unpaired) electrons. The van der Waals surface area contributed by atoms with Crippen LogP contribution < -0.4 is 0 Å². The molecule has 1 aliphatic carbocycles. The first-order valence-electron chi connectivity index (χ1n) is 7.67. The third-order valence-corrected chi connectivity index (χ3v) is 4.51. The molecule has 20 heavy (non-hydrogen) atoms. The first-order valence-corrected chi connectivity index (χ1v) is 7.67. The quantitative estimate of drug-likeness (QED) is 0.799. The number of likely N-dealkylation sites (N-methyl/N-ethyl adjacent to an activating group) is 1. The molecule has 1 aliphatic rings. The molecule has 0 bridgehead atoms. The molecule has 0 aromatic carbocycles. The van der Waals surface area contributed by atoms with E-state index in [2.05, 4.69) is 21.9 Å². The fourth-order valence-corrected chi connectivity index (χ4v) is 3.24. The van der Waals surface area contributed by atoms with Gasteiger partial charge in [-0.1, -0.05) is 26.2 Å². The molecule has 5 heteroatoms. The van der Waals surface area contributed by atoms with Crippen LogP contribution in [-0.4, -0.2) is 45.1 Å². The normalized spacial score (nSPS) is 18.4. The van der Waals surface area contributed by atoms with Crippen molar-refractivity contribution in [3.63, 3.8) is 0 Å². The van der Waals surface area contributed by atoms with Crippen molar-refractivity contribution in [2.24, 2.45) is 0 Å². The van der Waals surface area contributed by atoms with Gasteiger partial charge in [0.05, 0.1) is 12.0 Å². The standard InChI is InChI=1S/C15H26N4O/c1-4-10-19-14(16-12-17-19)11-13(20)15(18(2)3)8-6-5-7-9-15/h12H,4-11H2,1-3H3. The van der Waals surface area contributed by atoms with Crippen molar-refractivity contribution in [1.82, 2.24) is 19.7 Å². The highest BCUT2D eigenvalue weighted by atomic mass is 16.1. The predicted octanol–water partition coefficient (Wildman–Crippen LogP) is 2.06. The maximum absolute atomic E-state index is 12.9. The second-order valence-electron chi connectivity index (χ2n) is 5.99. The van der Waals surface area contributed by atoms with Crippen LogP contribution in [0, 0.1) is 0 Å². The summed E-state index contributed by atoms with van der Waals surface area (Å²) in [5, 5.41) is 4.21. The number of aryl methyl sites for hydroxylation is 1. The molecular formula is C15H26N4O. The van der Waals surface area contributed by atoms with Gasteiger partial charge in [0, 0.05) is 6.54 Å². The summed E-state index contributed by atoms with van der Waals surface area (Å²) >= 11 is 0. The van der Waals surface area contributed by atoms with Crippen LogP contribution in [0.1, 0.15) is 51.3 Å². The van der Waals surface area contributed by atoms with Gasteiger partial charge in [0.1, 0.15) is 12.2 Å². The van der Waals surface area contributed by atoms with Crippen molar-refractivity contribution in [3.05, 3.63) is 12.2 Å². The maximum Gasteiger partial charge on any atom is 0.160 e. The highest BCUT2D eigenvalue weighted by molar-refractivity contribution is 5.89. The molecule has 0 spiro atoms. The Hall–Kier alpha value is -1.23. The Balaban J connectivity index is 2.14. The zero-order valence-electron chi connectivity index (χ0n) is 12.9. The first-order chi connectivity index (χ1) is 9.60. The number of hydrogen-bond acceptors (Lipinski definition) is 4. The average molecular weight is 278 g/mol. The predicted molar refractivity (Wildman–Crippen MR) is 78.5 cm³/mol. The molecule has 0 amide bonds. The Labute approximate surface area is 121 Å². The number of nitrogens with zero attached hydrogens (tertiary/aromatic N) is 4. The molecule has 0 aliphatic heterocycles. The van der Waals surface area contributed by atoms with Gasteiger partial charge in [-0.05, 0) is 33.4 Å². The van der Waals surface area contributed by atoms with E-state index >= 15 is 0 Å². The van der Waals surface area contributed by atoms with E-state index in [0.29, 0.717) is 12.2 Å². The molecule has 0 unspecified atom stereocenters. The van der Waals surface area contributed by atoms with Gasteiger partial charge >= 0.3 is 0 Å². The fraction of sp³-hybridized carbons (Fsp3) is 0.800. The largest absolute Gasteiger partial charge is 0.297 e. The van der Waals surface area contributed by atoms with Gasteiger partial charge in [0.25, 0.3) is 0 Å². The summed E-state index contributed by atoms with van der Waals surface area (Å²) < 4.78 is 1.87. The van der Waals surface area contributed by atoms with Crippen molar-refractivity contribution in [1.29, 1.82) is 0 Å². The number of Topliss-reactive ketones (excluding diaryl/α,β-unsaturated/α-hetero) is 1. The lowest BCUT2D eigenvalue weighted by Gasteiger charge is -2.41. The highest BCUT2D eigenvalue weighted by Gasteiger charge is 2.41. The number of hydrogen-bond donors (Lipinski definition) is 0. The molecule has 0 saturated heterocycles. The van der Waals surface area contributed by atoms with Gasteiger partial charge in [0.15, 0.2) is 5.78 Å². The smallest absolute Gasteiger partial charge is 0.160 e. The van der Waals surface area contributed by atoms with Crippen molar-refractivity contribution in [2.45, 2.75) is 64.0 Å². The van der Waals surface area contributed by atoms with Crippen LogP contribution in [0.25, 0.3) is 0 Å². The average Bonchev–Trinajstić information content (AvgIpc) is 2.87. The van der Waals surface area contributed by atoms with Gasteiger partial charge in [0.2, 0.25) is 0 Å². The van der Waals surface area contributed by atoms with Crippen molar-refractivity contribution >= 4 is 5.78 Å². The summed E-state index contributed by atoms with van der Waals surface area (Å²) in [4.78, 5) is 19.3. The number of aromatic nitrogens is 3. The molecule has 0 N–H and O–H groups in total. The molecule has 0 atom stereocenters. The Morgan fingerprint density at radius 2 is 2.05 bits per heavy atom. The van der Waals surface area contributed by atoms with Crippen molar-refractivity contribution in [2.75, 3.05) is 14.1 Å². The molecule has 1 heterocycles. The van der Waals surface area contributed by atoms with Crippen LogP contribution in [-0.2, 0) is 17.8 Å². The van der Waals surface area contributed by atoms with Gasteiger partial charge in [-0.25, -0.2) is 9.67 Å². The number of carbonyl (C=O) groups is 1. The summed E-state index contributed by atoms with van der Waals surface area (Å²) in [7, 11) is 4.06. The van der Waals surface area contributed by atoms with Crippen LogP contribution in [0.2, 0.25) is 0 Å². The Kier molecular flexibility index (Phi) is 4.91. The lowest BCUT2D eigenvalue weighted by Crippen LogP contribution is -2.53. The lowest BCUT2D eigenvalue weighted by molar-refractivity contribution is -0.131. The highest BCUT2D eigenvalue weighted by Crippen LogP contribution is 2.33. The zero-order valence-corrected chi connectivity index (χ0v) is 12.9. The van der Waals surface area contributed by atoms with Crippen LogP contribution >= 0.6 is 0 Å². The van der Waals surface area contributed by atoms with E-state index in [9.17, 15) is 4.79 Å². The topological polar surface area (TPSA) is 51.0 Å². The Bertz CT molecular complexity index is 446. The summed E-state index contributed by atoms with van der Waals surface area (Å²) in [6.07, 6.45) is 8.44. The van der Waals surface area contributed by atoms with Gasteiger partial charge in [-0.3, -0.25) is 9.69 Å². The van der Waals surface area contributed by atoms with Gasteiger partial charge in [-0.15, -0.1) is 0 Å². The molecule has 1 aromatic heterocycles. The van der Waals surface area contributed by atoms with Crippen LogP contribution in [0.3, 0.4) is 0 Å². The molecule has 2 rings (SSSR count). The van der Waals surface area contributed by atoms with Gasteiger partial charge in [-0.2, -0.15) is 5.10 Å². The summed E-state index contributed by atoms with van der Waals surface area (Å²) in [5.74, 6) is 1.11. The van der Waals surface area contributed by atoms with Crippen LogP contribution in [0.4, 0.5) is 0 Å². The van der Waals surface area contributed by atoms with Crippen molar-refractivity contribution in [3.8, 4) is 0 Å². The summed E-state index contributed by atoms with van der Waals surface area (Å²) in [6, 6.07) is 0. The van der Waals surface area contributed by atoms with E-state index in [1.807, 2.05) is 18.8 Å². The van der Waals surface area contributed by atoms with Crippen LogP contribution in [0.5, 0.6) is 0 Å². The van der Waals surface area contributed by atoms with E-state index in [4.69, 9.17) is 0 Å². The van der Waals surface area contributed by atoms with Crippen molar-refractivity contribution < 1.29 is 4.79 Å². The molecule has 5 nitrogen and oxygen atoms in total.